The quantitative estimate of drug-likeness (QED) is 0.161. The van der Waals surface area contributed by atoms with Crippen molar-refractivity contribution in [1.29, 1.82) is 0 Å². The topological polar surface area (TPSA) is 245 Å². The number of ketones is 1. The lowest BCUT2D eigenvalue weighted by Gasteiger charge is -2.37. The van der Waals surface area contributed by atoms with E-state index in [4.69, 9.17) is 22.9 Å². The first-order chi connectivity index (χ1) is 23.5. The number of carbonyl (C=O) groups excluding carboxylic acids is 1. The molecule has 1 aromatic heterocycles. The number of aromatic hydroxyl groups is 1. The average molecular weight is 756 g/mol. The van der Waals surface area contributed by atoms with E-state index in [1.165, 1.54) is 36.4 Å². The van der Waals surface area contributed by atoms with E-state index >= 15 is 0 Å². The van der Waals surface area contributed by atoms with Crippen LogP contribution in [0.5, 0.6) is 5.75 Å². The molecule has 20 heteroatoms. The number of phenols is 1. The number of aryl methyl sites for hydroxylation is 1. The van der Waals surface area contributed by atoms with Gasteiger partial charge in [0.2, 0.25) is 23.6 Å². The van der Waals surface area contributed by atoms with Gasteiger partial charge in [0.15, 0.2) is 0 Å². The third-order valence-electron chi connectivity index (χ3n) is 9.07. The third-order valence-corrected chi connectivity index (χ3v) is 10.4. The molecular formula is C31H41ClF3N11O4S. The Balaban J connectivity index is 0.00000504. The van der Waals surface area contributed by atoms with Gasteiger partial charge in [-0.1, -0.05) is 6.07 Å². The Hall–Kier alpha value is -4.01. The Bertz CT molecular complexity index is 1810. The highest BCUT2D eigenvalue weighted by molar-refractivity contribution is 7.92. The van der Waals surface area contributed by atoms with Crippen LogP contribution in [0, 0.1) is 5.92 Å². The lowest BCUT2D eigenvalue weighted by Crippen LogP contribution is -2.54. The van der Waals surface area contributed by atoms with Gasteiger partial charge in [-0.25, -0.2) is 8.42 Å². The SMILES string of the molecule is Cl.N[C@@H]1C[C@H](N)CN(c2nc(Nc3ccc(NS(=O)(=O)c4ccc5c(c4)CC(C(=O)C(F)(F)F)CC5)c(O)c3)nc(N3C[C@H](N)C[C@H](N)C3)n2)C1. The Morgan fingerprint density at radius 3 is 1.94 bits per heavy atom. The molecule has 0 amide bonds. The van der Waals surface area contributed by atoms with Crippen LogP contribution in [0.3, 0.4) is 0 Å². The largest absolute Gasteiger partial charge is 0.506 e. The summed E-state index contributed by atoms with van der Waals surface area (Å²) in [4.78, 5) is 29.2. The number of hydrogen-bond acceptors (Lipinski definition) is 14. The van der Waals surface area contributed by atoms with Gasteiger partial charge < -0.3 is 43.2 Å². The zero-order chi connectivity index (χ0) is 36.0. The van der Waals surface area contributed by atoms with Crippen molar-refractivity contribution in [2.75, 3.05) is 46.0 Å². The summed E-state index contributed by atoms with van der Waals surface area (Å²) >= 11 is 0. The molecule has 3 heterocycles. The molecule has 0 saturated carbocycles. The smallest absolute Gasteiger partial charge is 0.450 e. The average Bonchev–Trinajstić information content (AvgIpc) is 3.03. The first-order valence-corrected chi connectivity index (χ1v) is 17.7. The molecule has 2 aliphatic heterocycles. The standard InChI is InChI=1S/C31H40F3N11O4S.ClH/c32-31(33,34)27(47)17-2-1-16-3-5-24(8-18(16)7-17)50(48,49)43-25-6-4-23(11-26(25)46)39-28-40-29(44-12-19(35)9-20(36)13-44)42-30(41-28)45-14-21(37)10-22(38)15-45;/h3-6,8,11,17,19-22,43,46H,1-2,7,9-10,12-15,35-38H2,(H,39,40,41,42);1H/t17?,19-,20+,21-,22+;. The molecule has 11 N–H and O–H groups in total. The van der Waals surface area contributed by atoms with Crippen molar-refractivity contribution in [3.8, 4) is 5.75 Å². The van der Waals surface area contributed by atoms with Gasteiger partial charge in [0.05, 0.1) is 10.6 Å². The number of nitrogens with one attached hydrogen (secondary N) is 2. The number of benzene rings is 2. The normalized spacial score (nSPS) is 23.9. The number of fused-ring (bicyclic) bond motifs is 1. The number of phenolic OH excluding ortho intramolecular Hbond substituents is 1. The minimum atomic E-state index is -4.97. The maximum Gasteiger partial charge on any atom is 0.450 e. The molecule has 3 aromatic rings. The van der Waals surface area contributed by atoms with Crippen LogP contribution in [-0.2, 0) is 27.7 Å². The second-order valence-corrected chi connectivity index (χ2v) is 15.0. The van der Waals surface area contributed by atoms with Gasteiger partial charge in [0.25, 0.3) is 10.0 Å². The molecule has 2 aromatic carbocycles. The fraction of sp³-hybridized carbons (Fsp3) is 0.484. The molecule has 3 aliphatic rings. The first-order valence-electron chi connectivity index (χ1n) is 16.2. The number of rotatable bonds is 8. The van der Waals surface area contributed by atoms with Gasteiger partial charge in [-0.3, -0.25) is 9.52 Å². The molecule has 6 rings (SSSR count). The lowest BCUT2D eigenvalue weighted by atomic mass is 9.81. The summed E-state index contributed by atoms with van der Waals surface area (Å²) in [6, 6.07) is 7.50. The second-order valence-electron chi connectivity index (χ2n) is 13.3. The van der Waals surface area contributed by atoms with Crippen LogP contribution in [0.1, 0.15) is 30.4 Å². The number of aromatic nitrogens is 3. The molecular weight excluding hydrogens is 715 g/mol. The summed E-state index contributed by atoms with van der Waals surface area (Å²) < 4.78 is 68.0. The number of nitrogens with two attached hydrogens (primary N) is 4. The summed E-state index contributed by atoms with van der Waals surface area (Å²) in [5.74, 6) is -2.72. The van der Waals surface area contributed by atoms with Gasteiger partial charge in [-0.15, -0.1) is 12.4 Å². The fourth-order valence-corrected chi connectivity index (χ4v) is 7.89. The summed E-state index contributed by atoms with van der Waals surface area (Å²) in [5, 5.41) is 13.9. The number of sulfonamides is 1. The molecule has 15 nitrogen and oxygen atoms in total. The molecule has 0 radical (unpaired) electrons. The number of anilines is 5. The molecule has 2 saturated heterocycles. The Kier molecular flexibility index (Phi) is 11.2. The number of Topliss-reactive ketones (excluding diaryl/α,β-unsaturated/α-hetero) is 1. The summed E-state index contributed by atoms with van der Waals surface area (Å²) in [6.45, 7) is 1.90. The van der Waals surface area contributed by atoms with Crippen LogP contribution in [0.4, 0.5) is 42.4 Å². The Morgan fingerprint density at radius 1 is 0.843 bits per heavy atom. The van der Waals surface area contributed by atoms with E-state index in [2.05, 4.69) is 25.0 Å². The van der Waals surface area contributed by atoms with E-state index in [9.17, 15) is 31.5 Å². The number of piperidine rings is 2. The maximum absolute atomic E-state index is 13.3. The van der Waals surface area contributed by atoms with Crippen molar-refractivity contribution in [3.05, 3.63) is 47.5 Å². The maximum atomic E-state index is 13.3. The van der Waals surface area contributed by atoms with Gasteiger partial charge >= 0.3 is 6.18 Å². The van der Waals surface area contributed by atoms with Gasteiger partial charge in [0, 0.05) is 68.0 Å². The highest BCUT2D eigenvalue weighted by Gasteiger charge is 2.44. The van der Waals surface area contributed by atoms with Crippen LogP contribution in [0.15, 0.2) is 41.3 Å². The summed E-state index contributed by atoms with van der Waals surface area (Å²) in [6.07, 6.45) is -3.64. The highest BCUT2D eigenvalue weighted by Crippen LogP contribution is 2.34. The first kappa shape index (κ1) is 38.2. The van der Waals surface area contributed by atoms with Crippen LogP contribution in [0.25, 0.3) is 0 Å². The molecule has 1 unspecified atom stereocenters. The van der Waals surface area contributed by atoms with Crippen molar-refractivity contribution in [3.63, 3.8) is 0 Å². The zero-order valence-electron chi connectivity index (χ0n) is 27.4. The van der Waals surface area contributed by atoms with E-state index in [-0.39, 0.29) is 72.4 Å². The van der Waals surface area contributed by atoms with E-state index in [1.807, 2.05) is 9.80 Å². The molecule has 2 fully saturated rings. The van der Waals surface area contributed by atoms with E-state index in [1.54, 1.807) is 0 Å². The van der Waals surface area contributed by atoms with Gasteiger partial charge in [0.1, 0.15) is 5.75 Å². The summed E-state index contributed by atoms with van der Waals surface area (Å²) in [7, 11) is -4.28. The minimum absolute atomic E-state index is 0. The van der Waals surface area contributed by atoms with Crippen LogP contribution >= 0.6 is 12.4 Å². The molecule has 278 valence electrons. The highest BCUT2D eigenvalue weighted by atomic mass is 35.5. The second kappa shape index (κ2) is 14.9. The predicted octanol–water partition coefficient (Wildman–Crippen LogP) is 1.51. The molecule has 1 aliphatic carbocycles. The van der Waals surface area contributed by atoms with Crippen molar-refractivity contribution in [2.45, 2.75) is 67.3 Å². The summed E-state index contributed by atoms with van der Waals surface area (Å²) in [5.41, 5.74) is 26.1. The monoisotopic (exact) mass is 755 g/mol. The Labute approximate surface area is 298 Å². The van der Waals surface area contributed by atoms with Crippen molar-refractivity contribution in [2.24, 2.45) is 28.9 Å². The van der Waals surface area contributed by atoms with Gasteiger partial charge in [-0.05, 0) is 67.5 Å². The lowest BCUT2D eigenvalue weighted by molar-refractivity contribution is -0.175. The minimum Gasteiger partial charge on any atom is -0.506 e. The van der Waals surface area contributed by atoms with Crippen molar-refractivity contribution < 1.29 is 31.5 Å². The Morgan fingerprint density at radius 2 is 1.41 bits per heavy atom. The van der Waals surface area contributed by atoms with Crippen LogP contribution in [-0.4, -0.2) is 90.8 Å². The van der Waals surface area contributed by atoms with E-state index in [0.717, 1.165) is 0 Å². The number of nitrogens with zero attached hydrogens (tertiary/aromatic N) is 5. The number of alkyl halides is 3. The molecule has 0 spiro atoms. The van der Waals surface area contributed by atoms with E-state index < -0.39 is 33.7 Å². The number of carbonyl (C=O) groups is 1. The van der Waals surface area contributed by atoms with Crippen molar-refractivity contribution in [1.82, 2.24) is 15.0 Å². The molecule has 5 atom stereocenters. The molecule has 0 bridgehead atoms. The number of halogens is 4. The van der Waals surface area contributed by atoms with Crippen LogP contribution < -0.4 is 42.8 Å². The van der Waals surface area contributed by atoms with E-state index in [0.29, 0.717) is 67.7 Å². The predicted molar refractivity (Wildman–Crippen MR) is 188 cm³/mol. The van der Waals surface area contributed by atoms with Crippen molar-refractivity contribution >= 4 is 57.4 Å². The fourth-order valence-electron chi connectivity index (χ4n) is 6.76. The van der Waals surface area contributed by atoms with Gasteiger partial charge in [-0.2, -0.15) is 28.1 Å². The molecule has 51 heavy (non-hydrogen) atoms. The zero-order valence-corrected chi connectivity index (χ0v) is 29.0. The number of hydrogen-bond donors (Lipinski definition) is 7. The van der Waals surface area contributed by atoms with Crippen LogP contribution in [0.2, 0.25) is 0 Å². The third kappa shape index (κ3) is 8.90.